The number of ether oxygens (including phenoxy) is 1. The summed E-state index contributed by atoms with van der Waals surface area (Å²) < 4.78 is 5.18. The van der Waals surface area contributed by atoms with Crippen LogP contribution in [0.3, 0.4) is 0 Å². The third kappa shape index (κ3) is 3.56. The molecule has 2 aromatic carbocycles. The number of phenolic OH excluding ortho intramolecular Hbond substituents is 1. The first-order valence-corrected chi connectivity index (χ1v) is 9.38. The Hall–Kier alpha value is -2.99. The molecule has 0 aromatic heterocycles. The molecule has 1 aliphatic heterocycles. The van der Waals surface area contributed by atoms with E-state index in [-0.39, 0.29) is 27.9 Å². The number of aliphatic hydroxyl groups is 1. The first-order valence-electron chi connectivity index (χ1n) is 9.00. The van der Waals surface area contributed by atoms with Crippen molar-refractivity contribution in [3.05, 3.63) is 64.4 Å². The van der Waals surface area contributed by atoms with Gasteiger partial charge in [0, 0.05) is 11.1 Å². The number of rotatable bonds is 4. The molecule has 1 aliphatic rings. The zero-order chi connectivity index (χ0) is 21.5. The fourth-order valence-corrected chi connectivity index (χ4v) is 3.54. The Balaban J connectivity index is 2.27. The molecule has 6 nitrogen and oxygen atoms in total. The highest BCUT2D eigenvalue weighted by atomic mass is 35.5. The van der Waals surface area contributed by atoms with Crippen LogP contribution in [-0.2, 0) is 9.59 Å². The number of anilines is 1. The van der Waals surface area contributed by atoms with Crippen LogP contribution in [-0.4, -0.2) is 29.0 Å². The van der Waals surface area contributed by atoms with E-state index in [0.717, 1.165) is 0 Å². The van der Waals surface area contributed by atoms with Crippen molar-refractivity contribution in [1.29, 1.82) is 0 Å². The average molecular weight is 416 g/mol. The lowest BCUT2D eigenvalue weighted by Crippen LogP contribution is -2.32. The zero-order valence-electron chi connectivity index (χ0n) is 16.6. The van der Waals surface area contributed by atoms with Crippen molar-refractivity contribution in [2.24, 2.45) is 5.41 Å². The molecule has 3 rings (SSSR count). The molecule has 0 radical (unpaired) electrons. The molecule has 1 unspecified atom stereocenters. The molecule has 0 spiro atoms. The first kappa shape index (κ1) is 20.7. The van der Waals surface area contributed by atoms with Crippen molar-refractivity contribution in [2.75, 3.05) is 12.0 Å². The van der Waals surface area contributed by atoms with Gasteiger partial charge < -0.3 is 14.9 Å². The summed E-state index contributed by atoms with van der Waals surface area (Å²) in [5.74, 6) is -1.79. The maximum absolute atomic E-state index is 13.2. The van der Waals surface area contributed by atoms with Gasteiger partial charge in [-0.2, -0.15) is 0 Å². The van der Waals surface area contributed by atoms with Crippen molar-refractivity contribution in [1.82, 2.24) is 0 Å². The second-order valence-electron chi connectivity index (χ2n) is 7.81. The summed E-state index contributed by atoms with van der Waals surface area (Å²) in [5, 5.41) is 20.8. The average Bonchev–Trinajstić information content (AvgIpc) is 2.94. The predicted molar refractivity (Wildman–Crippen MR) is 110 cm³/mol. The number of aromatic hydroxyl groups is 1. The van der Waals surface area contributed by atoms with Gasteiger partial charge in [-0.25, -0.2) is 0 Å². The Bertz CT molecular complexity index is 1010. The van der Waals surface area contributed by atoms with E-state index in [2.05, 4.69) is 0 Å². The maximum Gasteiger partial charge on any atom is 0.294 e. The van der Waals surface area contributed by atoms with Gasteiger partial charge in [-0.3, -0.25) is 14.5 Å². The Morgan fingerprint density at radius 3 is 2.31 bits per heavy atom. The molecule has 0 aliphatic carbocycles. The summed E-state index contributed by atoms with van der Waals surface area (Å²) in [6.07, 6.45) is 0. The number of carbonyl (C=O) groups is 2. The molecular weight excluding hydrogens is 394 g/mol. The van der Waals surface area contributed by atoms with Crippen LogP contribution in [0.25, 0.3) is 0 Å². The zero-order valence-corrected chi connectivity index (χ0v) is 17.3. The molecule has 1 atom stereocenters. The Morgan fingerprint density at radius 1 is 1.14 bits per heavy atom. The maximum atomic E-state index is 13.2. The van der Waals surface area contributed by atoms with Gasteiger partial charge in [0.2, 0.25) is 0 Å². The number of nitrogens with zero attached hydrogens (tertiary/aromatic N) is 1. The quantitative estimate of drug-likeness (QED) is 0.763. The number of para-hydroxylation sites is 1. The number of aliphatic hydroxyl groups excluding tert-OH is 1. The van der Waals surface area contributed by atoms with Gasteiger partial charge in [-0.05, 0) is 29.8 Å². The lowest BCUT2D eigenvalue weighted by atomic mass is 9.82. The molecule has 0 saturated heterocycles. The monoisotopic (exact) mass is 415 g/mol. The Kier molecular flexibility index (Phi) is 5.32. The number of hydrogen-bond donors (Lipinski definition) is 2. The molecule has 2 aromatic rings. The van der Waals surface area contributed by atoms with E-state index in [1.165, 1.54) is 24.1 Å². The highest BCUT2D eigenvalue weighted by Gasteiger charge is 2.47. The van der Waals surface area contributed by atoms with Crippen molar-refractivity contribution in [3.63, 3.8) is 0 Å². The van der Waals surface area contributed by atoms with E-state index < -0.39 is 23.1 Å². The molecule has 2 N–H and O–H groups in total. The molecule has 29 heavy (non-hydrogen) atoms. The highest BCUT2D eigenvalue weighted by molar-refractivity contribution is 6.32. The molecule has 152 valence electrons. The lowest BCUT2D eigenvalue weighted by molar-refractivity contribution is -0.123. The molecule has 7 heteroatoms. The summed E-state index contributed by atoms with van der Waals surface area (Å²) >= 11 is 6.16. The number of ketones is 1. The first-order chi connectivity index (χ1) is 13.6. The van der Waals surface area contributed by atoms with Crippen LogP contribution in [0.4, 0.5) is 5.69 Å². The number of Topliss-reactive ketones (excluding diaryl/α,β-unsaturated/α-hetero) is 1. The van der Waals surface area contributed by atoms with E-state index >= 15 is 0 Å². The van der Waals surface area contributed by atoms with Gasteiger partial charge in [0.15, 0.2) is 23.0 Å². The van der Waals surface area contributed by atoms with Crippen LogP contribution < -0.4 is 9.64 Å². The SMILES string of the molecule is COc1cc(C2C(C(=O)C(C)(C)C)=C(O)C(=O)N2c2ccccc2)cc(Cl)c1O. The molecule has 1 heterocycles. The van der Waals surface area contributed by atoms with Crippen molar-refractivity contribution in [2.45, 2.75) is 26.8 Å². The third-order valence-electron chi connectivity index (χ3n) is 4.75. The topological polar surface area (TPSA) is 87.1 Å². The van der Waals surface area contributed by atoms with Gasteiger partial charge >= 0.3 is 0 Å². The van der Waals surface area contributed by atoms with Crippen molar-refractivity contribution >= 4 is 29.0 Å². The van der Waals surface area contributed by atoms with Gasteiger partial charge in [0.1, 0.15) is 0 Å². The fourth-order valence-electron chi connectivity index (χ4n) is 3.32. The van der Waals surface area contributed by atoms with E-state index in [1.54, 1.807) is 51.1 Å². The third-order valence-corrected chi connectivity index (χ3v) is 5.04. The minimum Gasteiger partial charge on any atom is -0.503 e. The van der Waals surface area contributed by atoms with Crippen LogP contribution in [0, 0.1) is 5.41 Å². The van der Waals surface area contributed by atoms with Crippen LogP contribution in [0.1, 0.15) is 32.4 Å². The van der Waals surface area contributed by atoms with E-state index in [1.807, 2.05) is 0 Å². The summed E-state index contributed by atoms with van der Waals surface area (Å²) in [6.45, 7) is 5.14. The summed E-state index contributed by atoms with van der Waals surface area (Å²) in [5.41, 5.74) is 0.0851. The second kappa shape index (κ2) is 7.44. The van der Waals surface area contributed by atoms with E-state index in [0.29, 0.717) is 11.3 Å². The number of halogens is 1. The number of carbonyl (C=O) groups excluding carboxylic acids is 2. The smallest absolute Gasteiger partial charge is 0.294 e. The van der Waals surface area contributed by atoms with Crippen molar-refractivity contribution in [3.8, 4) is 11.5 Å². The number of methoxy groups -OCH3 is 1. The molecule has 0 bridgehead atoms. The van der Waals surface area contributed by atoms with Gasteiger partial charge in [-0.15, -0.1) is 0 Å². The Morgan fingerprint density at radius 2 is 1.76 bits per heavy atom. The molecule has 0 saturated carbocycles. The van der Waals surface area contributed by atoms with Crippen LogP contribution in [0.15, 0.2) is 53.8 Å². The van der Waals surface area contributed by atoms with E-state index in [4.69, 9.17) is 16.3 Å². The normalized spacial score (nSPS) is 17.1. The van der Waals surface area contributed by atoms with Crippen LogP contribution in [0.5, 0.6) is 11.5 Å². The molecule has 0 fully saturated rings. The minimum atomic E-state index is -0.927. The number of amides is 1. The number of phenols is 1. The summed E-state index contributed by atoms with van der Waals surface area (Å²) in [4.78, 5) is 27.5. The largest absolute Gasteiger partial charge is 0.503 e. The van der Waals surface area contributed by atoms with Crippen molar-refractivity contribution < 1.29 is 24.5 Å². The summed E-state index contributed by atoms with van der Waals surface area (Å²) in [6, 6.07) is 10.8. The van der Waals surface area contributed by atoms with Crippen LogP contribution in [0.2, 0.25) is 5.02 Å². The lowest BCUT2D eigenvalue weighted by Gasteiger charge is -2.29. The minimum absolute atomic E-state index is 0.00811. The van der Waals surface area contributed by atoms with E-state index in [9.17, 15) is 19.8 Å². The molecular formula is C22H22ClNO5. The summed E-state index contributed by atoms with van der Waals surface area (Å²) in [7, 11) is 1.37. The number of benzene rings is 2. The van der Waals surface area contributed by atoms with Gasteiger partial charge in [-0.1, -0.05) is 50.6 Å². The predicted octanol–water partition coefficient (Wildman–Crippen LogP) is 4.57. The number of hydrogen-bond acceptors (Lipinski definition) is 5. The molecule has 1 amide bonds. The highest BCUT2D eigenvalue weighted by Crippen LogP contribution is 2.46. The Labute approximate surface area is 174 Å². The van der Waals surface area contributed by atoms with Gasteiger partial charge in [0.25, 0.3) is 5.91 Å². The fraction of sp³-hybridized carbons (Fsp3) is 0.273. The second-order valence-corrected chi connectivity index (χ2v) is 8.22. The van der Waals surface area contributed by atoms with Crippen LogP contribution >= 0.6 is 11.6 Å². The standard InChI is InChI=1S/C22H22ClNO5/c1-22(2,3)20(27)16-17(12-10-14(23)18(25)15(11-12)29-4)24(21(28)19(16)26)13-8-6-5-7-9-13/h5-11,17,25-26H,1-4H3. The van der Waals surface area contributed by atoms with Gasteiger partial charge in [0.05, 0.1) is 23.7 Å².